The molecule has 0 saturated carbocycles. The van der Waals surface area contributed by atoms with E-state index >= 15 is 0 Å². The number of carbonyl (C=O) groups is 3. The van der Waals surface area contributed by atoms with Crippen molar-refractivity contribution < 1.29 is 42.5 Å². The lowest BCUT2D eigenvalue weighted by Crippen LogP contribution is -2.45. The first kappa shape index (κ1) is 44.7. The number of anilines is 1. The monoisotopic (exact) mass is 853 g/mol. The Bertz CT molecular complexity index is 2570. The molecule has 12 nitrogen and oxygen atoms in total. The van der Waals surface area contributed by atoms with Crippen molar-refractivity contribution in [3.8, 4) is 17.2 Å². The van der Waals surface area contributed by atoms with Gasteiger partial charge in [0.15, 0.2) is 5.58 Å². The number of ether oxygens (including phenoxy) is 5. The molecule has 328 valence electrons. The Morgan fingerprint density at radius 2 is 1.46 bits per heavy atom. The molecule has 1 aliphatic rings. The molecule has 12 heteroatoms. The minimum atomic E-state index is -0.569. The number of unbranched alkanes of at least 4 members (excludes halogenated alkanes) is 3. The summed E-state index contributed by atoms with van der Waals surface area (Å²) >= 11 is 0. The minimum absolute atomic E-state index is 0.0649. The molecule has 0 radical (unpaired) electrons. The molecule has 6 aromatic rings. The summed E-state index contributed by atoms with van der Waals surface area (Å²) in [6.07, 6.45) is 7.30. The highest BCUT2D eigenvalue weighted by molar-refractivity contribution is 6.06. The summed E-state index contributed by atoms with van der Waals surface area (Å²) < 4.78 is 35.2. The molecular formula is C51H55N3O9. The fraction of sp³-hybridized carbons (Fsp3) is 0.353. The van der Waals surface area contributed by atoms with Gasteiger partial charge in [0.25, 0.3) is 5.91 Å². The first-order valence-electron chi connectivity index (χ1n) is 21.8. The van der Waals surface area contributed by atoms with E-state index in [1.165, 1.54) is 5.01 Å². The number of para-hydroxylation sites is 2. The lowest BCUT2D eigenvalue weighted by Gasteiger charge is -2.40. The third-order valence-electron chi connectivity index (χ3n) is 11.3. The van der Waals surface area contributed by atoms with E-state index in [9.17, 15) is 14.4 Å². The summed E-state index contributed by atoms with van der Waals surface area (Å²) in [7, 11) is 0. The maximum Gasteiger partial charge on any atom is 0.343 e. The van der Waals surface area contributed by atoms with Gasteiger partial charge in [-0.15, -0.1) is 5.01 Å². The second-order valence-corrected chi connectivity index (χ2v) is 16.3. The Kier molecular flexibility index (Phi) is 14.7. The van der Waals surface area contributed by atoms with E-state index in [2.05, 4.69) is 17.0 Å². The number of hydrogen-bond acceptors (Lipinski definition) is 11. The minimum Gasteiger partial charge on any atom is -0.493 e. The molecule has 0 aliphatic carbocycles. The Balaban J connectivity index is 1.07. The molecule has 0 atom stereocenters. The number of oxazole rings is 1. The van der Waals surface area contributed by atoms with Gasteiger partial charge in [0.05, 0.1) is 43.8 Å². The number of nitrogens with zero attached hydrogens (tertiary/aromatic N) is 3. The van der Waals surface area contributed by atoms with Gasteiger partial charge in [0.1, 0.15) is 22.8 Å². The van der Waals surface area contributed by atoms with Crippen molar-refractivity contribution in [1.29, 1.82) is 0 Å². The SMILES string of the molecule is CCCC(=O)N(/N=C/c1c(OCCCCCCOCC2(CC)COC2)ccc2cc(C(=O)Oc3ccc(C(=O)Oc4ccc(C)cc4C)cc3C)ccc12)c1nc2ccccc2o1. The quantitative estimate of drug-likeness (QED) is 0.0240. The van der Waals surface area contributed by atoms with Gasteiger partial charge < -0.3 is 28.1 Å². The van der Waals surface area contributed by atoms with Gasteiger partial charge in [0.2, 0.25) is 0 Å². The fourth-order valence-corrected chi connectivity index (χ4v) is 7.36. The van der Waals surface area contributed by atoms with Crippen LogP contribution in [-0.2, 0) is 14.3 Å². The maximum atomic E-state index is 13.6. The van der Waals surface area contributed by atoms with Crippen LogP contribution in [0.5, 0.6) is 17.2 Å². The predicted octanol–water partition coefficient (Wildman–Crippen LogP) is 10.9. The number of fused-ring (bicyclic) bond motifs is 2. The number of amides is 1. The maximum absolute atomic E-state index is 13.6. The molecule has 1 saturated heterocycles. The van der Waals surface area contributed by atoms with Crippen LogP contribution in [-0.4, -0.2) is 62.1 Å². The summed E-state index contributed by atoms with van der Waals surface area (Å²) in [4.78, 5) is 44.6. The lowest BCUT2D eigenvalue weighted by molar-refractivity contribution is -0.150. The van der Waals surface area contributed by atoms with Crippen LogP contribution < -0.4 is 19.2 Å². The van der Waals surface area contributed by atoms with Crippen LogP contribution in [0.4, 0.5) is 6.01 Å². The van der Waals surface area contributed by atoms with Gasteiger partial charge in [-0.05, 0) is 129 Å². The summed E-state index contributed by atoms with van der Waals surface area (Å²) in [5, 5.41) is 7.32. The number of hydrogen-bond donors (Lipinski definition) is 0. The third kappa shape index (κ3) is 11.0. The number of esters is 2. The molecule has 1 aromatic heterocycles. The van der Waals surface area contributed by atoms with Gasteiger partial charge in [-0.2, -0.15) is 10.1 Å². The number of aryl methyl sites for hydroxylation is 3. The summed E-state index contributed by atoms with van der Waals surface area (Å²) in [5.74, 6) is 0.0293. The zero-order valence-electron chi connectivity index (χ0n) is 36.7. The second-order valence-electron chi connectivity index (χ2n) is 16.3. The average Bonchev–Trinajstić information content (AvgIpc) is 3.70. The second kappa shape index (κ2) is 20.7. The van der Waals surface area contributed by atoms with Crippen molar-refractivity contribution >= 4 is 51.9 Å². The molecule has 0 N–H and O–H groups in total. The van der Waals surface area contributed by atoms with Crippen LogP contribution in [0.15, 0.2) is 101 Å². The number of aromatic nitrogens is 1. The van der Waals surface area contributed by atoms with Crippen molar-refractivity contribution in [2.24, 2.45) is 10.5 Å². The van der Waals surface area contributed by atoms with E-state index in [1.54, 1.807) is 55.6 Å². The first-order chi connectivity index (χ1) is 30.6. The number of hydrazone groups is 1. The van der Waals surface area contributed by atoms with Gasteiger partial charge in [-0.25, -0.2) is 9.59 Å². The highest BCUT2D eigenvalue weighted by Crippen LogP contribution is 2.32. The largest absolute Gasteiger partial charge is 0.493 e. The van der Waals surface area contributed by atoms with Gasteiger partial charge in [-0.1, -0.05) is 62.2 Å². The van der Waals surface area contributed by atoms with E-state index in [4.69, 9.17) is 28.1 Å². The number of carbonyl (C=O) groups excluding carboxylic acids is 3. The molecule has 0 unspecified atom stereocenters. The van der Waals surface area contributed by atoms with E-state index < -0.39 is 11.9 Å². The van der Waals surface area contributed by atoms with E-state index in [0.717, 1.165) is 80.4 Å². The standard InChI is InChI=1S/C51H55N3O9/c1-6-14-47(55)54(50-53-42-15-10-11-16-46(42)63-50)52-30-41-40-21-18-39(29-37(40)19-24-45(41)60-26-13-9-8-12-25-58-31-51(7-2)32-59-33-51)49(57)62-44-23-20-38(28-36(44)5)48(56)61-43-22-17-34(3)27-35(43)4/h10-11,15-24,27-30H,6-9,12-14,25-26,31-33H2,1-5H3/b52-30+. The zero-order chi connectivity index (χ0) is 44.3. The molecular weight excluding hydrogens is 799 g/mol. The van der Waals surface area contributed by atoms with Gasteiger partial charge in [-0.3, -0.25) is 4.79 Å². The molecule has 0 spiro atoms. The molecule has 1 fully saturated rings. The fourth-order valence-electron chi connectivity index (χ4n) is 7.36. The smallest absolute Gasteiger partial charge is 0.343 e. The van der Waals surface area contributed by atoms with Crippen LogP contribution in [0.1, 0.15) is 102 Å². The Hall–Kier alpha value is -6.37. The highest BCUT2D eigenvalue weighted by atomic mass is 16.5. The van der Waals surface area contributed by atoms with Crippen LogP contribution >= 0.6 is 0 Å². The van der Waals surface area contributed by atoms with Crippen LogP contribution in [0, 0.1) is 26.2 Å². The number of benzene rings is 5. The van der Waals surface area contributed by atoms with E-state index in [0.29, 0.717) is 63.6 Å². The summed E-state index contributed by atoms with van der Waals surface area (Å²) in [5.41, 5.74) is 5.14. The Morgan fingerprint density at radius 3 is 2.14 bits per heavy atom. The normalized spacial score (nSPS) is 13.3. The van der Waals surface area contributed by atoms with E-state index in [1.807, 2.05) is 69.3 Å². The van der Waals surface area contributed by atoms with Crippen molar-refractivity contribution in [3.63, 3.8) is 0 Å². The summed E-state index contributed by atoms with van der Waals surface area (Å²) in [6, 6.07) is 26.7. The zero-order valence-corrected chi connectivity index (χ0v) is 36.7. The Labute approximate surface area is 368 Å². The molecule has 0 bridgehead atoms. The molecule has 2 heterocycles. The van der Waals surface area contributed by atoms with Crippen molar-refractivity contribution in [3.05, 3.63) is 124 Å². The average molecular weight is 854 g/mol. The Morgan fingerprint density at radius 1 is 0.778 bits per heavy atom. The molecule has 1 amide bonds. The molecule has 7 rings (SSSR count). The number of rotatable bonds is 20. The van der Waals surface area contributed by atoms with Crippen molar-refractivity contribution in [2.75, 3.05) is 38.0 Å². The topological polar surface area (TPSA) is 139 Å². The van der Waals surface area contributed by atoms with Crippen molar-refractivity contribution in [2.45, 2.75) is 79.6 Å². The lowest BCUT2D eigenvalue weighted by atomic mass is 9.84. The highest BCUT2D eigenvalue weighted by Gasteiger charge is 2.36. The van der Waals surface area contributed by atoms with Crippen LogP contribution in [0.25, 0.3) is 21.9 Å². The van der Waals surface area contributed by atoms with Gasteiger partial charge >= 0.3 is 18.0 Å². The van der Waals surface area contributed by atoms with Gasteiger partial charge in [0, 0.05) is 24.0 Å². The molecule has 5 aromatic carbocycles. The molecule has 1 aliphatic heterocycles. The molecule has 63 heavy (non-hydrogen) atoms. The van der Waals surface area contributed by atoms with Crippen molar-refractivity contribution in [1.82, 2.24) is 4.98 Å². The predicted molar refractivity (Wildman–Crippen MR) is 243 cm³/mol. The van der Waals surface area contributed by atoms with Crippen LogP contribution in [0.3, 0.4) is 0 Å². The van der Waals surface area contributed by atoms with E-state index in [-0.39, 0.29) is 23.8 Å². The summed E-state index contributed by atoms with van der Waals surface area (Å²) in [6.45, 7) is 13.3. The first-order valence-corrected chi connectivity index (χ1v) is 21.8. The van der Waals surface area contributed by atoms with Crippen LogP contribution in [0.2, 0.25) is 0 Å². The third-order valence-corrected chi connectivity index (χ3v) is 11.3.